The standard InChI is InChI=1S/C13H19NO/c1-15-13-6-4-5-12(11-13)7-10-14-8-2-3-9-14/h4-6,11H,2-3,7-10H2,1H3. The molecule has 1 saturated heterocycles. The summed E-state index contributed by atoms with van der Waals surface area (Å²) < 4.78 is 5.21. The van der Waals surface area contributed by atoms with E-state index in [9.17, 15) is 0 Å². The molecule has 1 heterocycles. The quantitative estimate of drug-likeness (QED) is 0.748. The molecule has 1 aliphatic rings. The maximum absolute atomic E-state index is 5.21. The van der Waals surface area contributed by atoms with Crippen LogP contribution in [0.4, 0.5) is 0 Å². The average Bonchev–Trinajstić information content (AvgIpc) is 2.79. The molecular formula is C13H19NO. The van der Waals surface area contributed by atoms with E-state index in [4.69, 9.17) is 4.74 Å². The second-order valence-electron chi connectivity index (χ2n) is 4.15. The van der Waals surface area contributed by atoms with E-state index in [0.29, 0.717) is 0 Å². The lowest BCUT2D eigenvalue weighted by Crippen LogP contribution is -2.21. The van der Waals surface area contributed by atoms with E-state index in [2.05, 4.69) is 23.1 Å². The van der Waals surface area contributed by atoms with E-state index in [1.54, 1.807) is 7.11 Å². The molecule has 0 bridgehead atoms. The zero-order valence-corrected chi connectivity index (χ0v) is 9.41. The predicted octanol–water partition coefficient (Wildman–Crippen LogP) is 2.33. The number of likely N-dealkylation sites (tertiary alicyclic amines) is 1. The lowest BCUT2D eigenvalue weighted by atomic mass is 10.1. The minimum Gasteiger partial charge on any atom is -0.497 e. The van der Waals surface area contributed by atoms with Crippen molar-refractivity contribution in [3.63, 3.8) is 0 Å². The molecule has 1 aromatic carbocycles. The number of hydrogen-bond donors (Lipinski definition) is 0. The molecule has 2 rings (SSSR count). The first-order chi connectivity index (χ1) is 7.38. The minimum atomic E-state index is 0.967. The highest BCUT2D eigenvalue weighted by molar-refractivity contribution is 5.28. The summed E-state index contributed by atoms with van der Waals surface area (Å²) >= 11 is 0. The van der Waals surface area contributed by atoms with Gasteiger partial charge in [-0.15, -0.1) is 0 Å². The maximum Gasteiger partial charge on any atom is 0.119 e. The van der Waals surface area contributed by atoms with E-state index >= 15 is 0 Å². The van der Waals surface area contributed by atoms with Gasteiger partial charge < -0.3 is 9.64 Å². The van der Waals surface area contributed by atoms with Crippen LogP contribution in [0.25, 0.3) is 0 Å². The Kier molecular flexibility index (Phi) is 3.62. The van der Waals surface area contributed by atoms with E-state index in [1.807, 2.05) is 6.07 Å². The fourth-order valence-corrected chi connectivity index (χ4v) is 2.12. The third kappa shape index (κ3) is 2.96. The van der Waals surface area contributed by atoms with Gasteiger partial charge in [0.1, 0.15) is 5.75 Å². The van der Waals surface area contributed by atoms with Gasteiger partial charge in [-0.25, -0.2) is 0 Å². The van der Waals surface area contributed by atoms with E-state index in [0.717, 1.165) is 12.2 Å². The van der Waals surface area contributed by atoms with Gasteiger partial charge >= 0.3 is 0 Å². The highest BCUT2D eigenvalue weighted by Gasteiger charge is 2.10. The summed E-state index contributed by atoms with van der Waals surface area (Å²) in [6.45, 7) is 3.75. The van der Waals surface area contributed by atoms with Crippen molar-refractivity contribution in [2.24, 2.45) is 0 Å². The van der Waals surface area contributed by atoms with Gasteiger partial charge in [-0.2, -0.15) is 0 Å². The van der Waals surface area contributed by atoms with E-state index in [-0.39, 0.29) is 0 Å². The molecule has 0 aromatic heterocycles. The Morgan fingerprint density at radius 2 is 2.07 bits per heavy atom. The number of nitrogens with zero attached hydrogens (tertiary/aromatic N) is 1. The molecule has 2 heteroatoms. The third-order valence-electron chi connectivity index (χ3n) is 3.05. The van der Waals surface area contributed by atoms with Crippen LogP contribution >= 0.6 is 0 Å². The SMILES string of the molecule is COc1cccc(CCN2CCCC2)c1. The molecule has 1 fully saturated rings. The van der Waals surface area contributed by atoms with Gasteiger partial charge in [0, 0.05) is 6.54 Å². The van der Waals surface area contributed by atoms with Crippen molar-refractivity contribution in [2.75, 3.05) is 26.7 Å². The van der Waals surface area contributed by atoms with Gasteiger partial charge in [0.05, 0.1) is 7.11 Å². The van der Waals surface area contributed by atoms with Crippen LogP contribution in [0.15, 0.2) is 24.3 Å². The fraction of sp³-hybridized carbons (Fsp3) is 0.538. The molecule has 2 nitrogen and oxygen atoms in total. The summed E-state index contributed by atoms with van der Waals surface area (Å²) in [6, 6.07) is 8.38. The summed E-state index contributed by atoms with van der Waals surface area (Å²) in [5.74, 6) is 0.967. The summed E-state index contributed by atoms with van der Waals surface area (Å²) in [5.41, 5.74) is 1.38. The molecule has 0 unspecified atom stereocenters. The first kappa shape index (κ1) is 10.5. The molecule has 82 valence electrons. The largest absolute Gasteiger partial charge is 0.497 e. The van der Waals surface area contributed by atoms with Crippen molar-refractivity contribution >= 4 is 0 Å². The minimum absolute atomic E-state index is 0.967. The molecule has 0 spiro atoms. The molecule has 0 saturated carbocycles. The van der Waals surface area contributed by atoms with Crippen molar-refractivity contribution in [3.8, 4) is 5.75 Å². The van der Waals surface area contributed by atoms with Gasteiger partial charge in [-0.05, 0) is 50.0 Å². The number of benzene rings is 1. The van der Waals surface area contributed by atoms with Gasteiger partial charge in [0.15, 0.2) is 0 Å². The van der Waals surface area contributed by atoms with Crippen LogP contribution in [-0.4, -0.2) is 31.6 Å². The summed E-state index contributed by atoms with van der Waals surface area (Å²) in [7, 11) is 1.72. The first-order valence-electron chi connectivity index (χ1n) is 5.74. The van der Waals surface area contributed by atoms with Gasteiger partial charge in [0.2, 0.25) is 0 Å². The van der Waals surface area contributed by atoms with Crippen LogP contribution < -0.4 is 4.74 Å². The molecular weight excluding hydrogens is 186 g/mol. The second kappa shape index (κ2) is 5.17. The Balaban J connectivity index is 1.86. The topological polar surface area (TPSA) is 12.5 Å². The molecule has 0 N–H and O–H groups in total. The molecule has 0 amide bonds. The fourth-order valence-electron chi connectivity index (χ4n) is 2.12. The van der Waals surface area contributed by atoms with Crippen molar-refractivity contribution < 1.29 is 4.74 Å². The number of methoxy groups -OCH3 is 1. The van der Waals surface area contributed by atoms with Crippen LogP contribution in [-0.2, 0) is 6.42 Å². The Labute approximate surface area is 91.9 Å². The molecule has 15 heavy (non-hydrogen) atoms. The lowest BCUT2D eigenvalue weighted by molar-refractivity contribution is 0.343. The zero-order valence-electron chi connectivity index (χ0n) is 9.41. The van der Waals surface area contributed by atoms with Crippen molar-refractivity contribution in [2.45, 2.75) is 19.3 Å². The van der Waals surface area contributed by atoms with Crippen LogP contribution in [0.5, 0.6) is 5.75 Å². The Hall–Kier alpha value is -1.02. The normalized spacial score (nSPS) is 16.9. The third-order valence-corrected chi connectivity index (χ3v) is 3.05. The van der Waals surface area contributed by atoms with Gasteiger partial charge in [-0.3, -0.25) is 0 Å². The van der Waals surface area contributed by atoms with Gasteiger partial charge in [0.25, 0.3) is 0 Å². The highest BCUT2D eigenvalue weighted by atomic mass is 16.5. The lowest BCUT2D eigenvalue weighted by Gasteiger charge is -2.14. The molecule has 0 atom stereocenters. The number of hydrogen-bond acceptors (Lipinski definition) is 2. The molecule has 0 radical (unpaired) electrons. The van der Waals surface area contributed by atoms with Crippen LogP contribution in [0, 0.1) is 0 Å². The monoisotopic (exact) mass is 205 g/mol. The molecule has 1 aliphatic heterocycles. The number of ether oxygens (including phenoxy) is 1. The second-order valence-corrected chi connectivity index (χ2v) is 4.15. The van der Waals surface area contributed by atoms with Crippen LogP contribution in [0.3, 0.4) is 0 Å². The van der Waals surface area contributed by atoms with Crippen molar-refractivity contribution in [1.29, 1.82) is 0 Å². The Bertz CT molecular complexity index is 305. The summed E-state index contributed by atoms with van der Waals surface area (Å²) in [6.07, 6.45) is 3.88. The Morgan fingerprint density at radius 3 is 2.80 bits per heavy atom. The summed E-state index contributed by atoms with van der Waals surface area (Å²) in [5, 5.41) is 0. The predicted molar refractivity (Wildman–Crippen MR) is 62.4 cm³/mol. The van der Waals surface area contributed by atoms with Crippen LogP contribution in [0.2, 0.25) is 0 Å². The summed E-state index contributed by atoms with van der Waals surface area (Å²) in [4.78, 5) is 2.54. The average molecular weight is 205 g/mol. The highest BCUT2D eigenvalue weighted by Crippen LogP contribution is 2.14. The maximum atomic E-state index is 5.21. The van der Waals surface area contributed by atoms with Gasteiger partial charge in [-0.1, -0.05) is 12.1 Å². The Morgan fingerprint density at radius 1 is 1.27 bits per heavy atom. The first-order valence-corrected chi connectivity index (χ1v) is 5.74. The van der Waals surface area contributed by atoms with Crippen molar-refractivity contribution in [1.82, 2.24) is 4.90 Å². The van der Waals surface area contributed by atoms with Crippen LogP contribution in [0.1, 0.15) is 18.4 Å². The van der Waals surface area contributed by atoms with E-state index in [1.165, 1.54) is 38.0 Å². The van der Waals surface area contributed by atoms with Crippen molar-refractivity contribution in [3.05, 3.63) is 29.8 Å². The molecule has 0 aliphatic carbocycles. The zero-order chi connectivity index (χ0) is 10.5. The number of rotatable bonds is 4. The smallest absolute Gasteiger partial charge is 0.119 e. The van der Waals surface area contributed by atoms with E-state index < -0.39 is 0 Å². The molecule has 1 aromatic rings.